The fourth-order valence-corrected chi connectivity index (χ4v) is 4.13. The third-order valence-electron chi connectivity index (χ3n) is 6.13. The van der Waals surface area contributed by atoms with E-state index >= 15 is 0 Å². The molecule has 0 radical (unpaired) electrons. The van der Waals surface area contributed by atoms with Gasteiger partial charge in [-0.1, -0.05) is 77.6 Å². The Labute approximate surface area is 188 Å². The number of hydrogen-bond acceptors (Lipinski definition) is 4. The molecule has 0 aliphatic rings. The molecule has 0 aromatic carbocycles. The number of nitrogens with zero attached hydrogens (tertiary/aromatic N) is 1. The lowest BCUT2D eigenvalue weighted by atomic mass is 10.0. The first-order valence-corrected chi connectivity index (χ1v) is 12.3. The van der Waals surface area contributed by atoms with Gasteiger partial charge in [-0.2, -0.15) is 0 Å². The number of carbonyl (C=O) groups is 3. The molecule has 7 heteroatoms. The van der Waals surface area contributed by atoms with E-state index in [-0.39, 0.29) is 43.4 Å². The Morgan fingerprint density at radius 3 is 1.29 bits per heavy atom. The first-order valence-electron chi connectivity index (χ1n) is 12.3. The van der Waals surface area contributed by atoms with Crippen LogP contribution in [0.3, 0.4) is 0 Å². The maximum absolute atomic E-state index is 11.1. The summed E-state index contributed by atoms with van der Waals surface area (Å²) in [6.45, 7) is 3.59. The van der Waals surface area contributed by atoms with Crippen molar-refractivity contribution in [3.8, 4) is 0 Å². The van der Waals surface area contributed by atoms with Gasteiger partial charge in [0.25, 0.3) is 0 Å². The zero-order valence-corrected chi connectivity index (χ0v) is 19.6. The average molecular weight is 444 g/mol. The minimum Gasteiger partial charge on any atom is -0.550 e. The van der Waals surface area contributed by atoms with E-state index in [2.05, 4.69) is 6.92 Å². The van der Waals surface area contributed by atoms with E-state index < -0.39 is 17.9 Å². The highest BCUT2D eigenvalue weighted by molar-refractivity contribution is 5.67. The first-order chi connectivity index (χ1) is 14.8. The molecule has 0 rings (SSSR count). The van der Waals surface area contributed by atoms with Crippen molar-refractivity contribution in [2.24, 2.45) is 0 Å². The van der Waals surface area contributed by atoms with Gasteiger partial charge in [-0.25, -0.2) is 0 Å². The van der Waals surface area contributed by atoms with Crippen molar-refractivity contribution in [2.75, 3.05) is 26.2 Å². The van der Waals surface area contributed by atoms with Gasteiger partial charge in [-0.3, -0.25) is 9.59 Å². The summed E-state index contributed by atoms with van der Waals surface area (Å²) in [5.74, 6) is -3.08. The van der Waals surface area contributed by atoms with Crippen molar-refractivity contribution in [3.05, 3.63) is 0 Å². The summed E-state index contributed by atoms with van der Waals surface area (Å²) < 4.78 is 0.227. The molecule has 0 bridgehead atoms. The van der Waals surface area contributed by atoms with Gasteiger partial charge in [0.15, 0.2) is 0 Å². The van der Waals surface area contributed by atoms with Crippen LogP contribution in [0.15, 0.2) is 0 Å². The van der Waals surface area contributed by atoms with Crippen LogP contribution in [-0.2, 0) is 14.4 Å². The van der Waals surface area contributed by atoms with Gasteiger partial charge >= 0.3 is 11.9 Å². The standard InChI is InChI=1S/C24H45NO6/c1-2-3-4-5-6-7-8-9-10-11-12-13-14-18-25(19-15-22(26)27,20-16-23(28)29)21-17-24(30)31/h2-21H2,1H3,(H2-,26,27,28,29,30,31). The maximum Gasteiger partial charge on any atom is 0.309 e. The van der Waals surface area contributed by atoms with Crippen LogP contribution in [0.2, 0.25) is 0 Å². The normalized spacial score (nSPS) is 11.5. The first kappa shape index (κ1) is 29.4. The monoisotopic (exact) mass is 443 g/mol. The fourth-order valence-electron chi connectivity index (χ4n) is 4.13. The molecule has 7 nitrogen and oxygen atoms in total. The van der Waals surface area contributed by atoms with Gasteiger partial charge in [0.1, 0.15) is 0 Å². The van der Waals surface area contributed by atoms with Crippen LogP contribution in [0.5, 0.6) is 0 Å². The van der Waals surface area contributed by atoms with Crippen molar-refractivity contribution in [3.63, 3.8) is 0 Å². The van der Waals surface area contributed by atoms with Crippen LogP contribution in [0.4, 0.5) is 0 Å². The predicted molar refractivity (Wildman–Crippen MR) is 120 cm³/mol. The Morgan fingerprint density at radius 1 is 0.581 bits per heavy atom. The van der Waals surface area contributed by atoms with Gasteiger partial charge < -0.3 is 24.6 Å². The van der Waals surface area contributed by atoms with Crippen molar-refractivity contribution >= 4 is 17.9 Å². The van der Waals surface area contributed by atoms with Gasteiger partial charge in [-0.05, 0) is 12.8 Å². The number of carboxylic acids is 3. The summed E-state index contributed by atoms with van der Waals surface area (Å²) >= 11 is 0. The summed E-state index contributed by atoms with van der Waals surface area (Å²) in [6.07, 6.45) is 15.6. The summed E-state index contributed by atoms with van der Waals surface area (Å²) in [6, 6.07) is 0. The van der Waals surface area contributed by atoms with E-state index in [4.69, 9.17) is 10.2 Å². The van der Waals surface area contributed by atoms with E-state index in [0.717, 1.165) is 19.3 Å². The molecule has 0 aliphatic carbocycles. The SMILES string of the molecule is CCCCCCCCCCCCCCC[N+](CCC(=O)[O-])(CCC(=O)O)CCC(=O)O. The van der Waals surface area contributed by atoms with Crippen LogP contribution in [0.25, 0.3) is 0 Å². The molecular formula is C24H45NO6. The number of hydrogen-bond donors (Lipinski definition) is 2. The average Bonchev–Trinajstić information content (AvgIpc) is 2.72. The second-order valence-corrected chi connectivity index (χ2v) is 8.89. The minimum atomic E-state index is -1.18. The van der Waals surface area contributed by atoms with E-state index in [0.29, 0.717) is 6.54 Å². The third kappa shape index (κ3) is 18.8. The molecule has 0 fully saturated rings. The molecule has 2 N–H and O–H groups in total. The Balaban J connectivity index is 4.22. The number of rotatable bonds is 23. The lowest BCUT2D eigenvalue weighted by molar-refractivity contribution is -0.927. The molecule has 0 aromatic heterocycles. The number of aliphatic carboxylic acids is 3. The van der Waals surface area contributed by atoms with Gasteiger partial charge in [0.2, 0.25) is 0 Å². The Bertz CT molecular complexity index is 449. The zero-order chi connectivity index (χ0) is 23.4. The molecule has 0 amide bonds. The number of carboxylic acid groups (broad SMARTS) is 3. The Morgan fingerprint density at radius 2 is 0.935 bits per heavy atom. The molecule has 31 heavy (non-hydrogen) atoms. The highest BCUT2D eigenvalue weighted by Gasteiger charge is 2.28. The third-order valence-corrected chi connectivity index (χ3v) is 6.13. The van der Waals surface area contributed by atoms with Crippen LogP contribution in [0, 0.1) is 0 Å². The number of carbonyl (C=O) groups excluding carboxylic acids is 1. The highest BCUT2D eigenvalue weighted by Crippen LogP contribution is 2.17. The minimum absolute atomic E-state index is 0.0922. The quantitative estimate of drug-likeness (QED) is 0.182. The molecule has 0 aliphatic heterocycles. The summed E-state index contributed by atoms with van der Waals surface area (Å²) in [7, 11) is 0. The van der Waals surface area contributed by atoms with Crippen molar-refractivity contribution < 1.29 is 34.2 Å². The number of unbranched alkanes of at least 4 members (excludes halogenated alkanes) is 12. The fraction of sp³-hybridized carbons (Fsp3) is 0.875. The summed E-state index contributed by atoms with van der Waals surface area (Å²) in [4.78, 5) is 33.1. The van der Waals surface area contributed by atoms with Gasteiger partial charge in [0, 0.05) is 12.4 Å². The zero-order valence-electron chi connectivity index (χ0n) is 19.6. The Kier molecular flexibility index (Phi) is 18.1. The van der Waals surface area contributed by atoms with Crippen LogP contribution in [0.1, 0.15) is 110 Å². The molecule has 182 valence electrons. The highest BCUT2D eigenvalue weighted by atomic mass is 16.4. The lowest BCUT2D eigenvalue weighted by Crippen LogP contribution is -2.53. The van der Waals surface area contributed by atoms with Crippen LogP contribution >= 0.6 is 0 Å². The van der Waals surface area contributed by atoms with E-state index in [1.54, 1.807) is 0 Å². The predicted octanol–water partition coefficient (Wildman–Crippen LogP) is 3.98. The molecule has 0 saturated heterocycles. The van der Waals surface area contributed by atoms with Crippen LogP contribution in [-0.4, -0.2) is 58.8 Å². The molecule has 0 saturated carbocycles. The molecule has 0 spiro atoms. The molecular weight excluding hydrogens is 398 g/mol. The largest absolute Gasteiger partial charge is 0.550 e. The molecule has 0 unspecified atom stereocenters. The maximum atomic E-state index is 11.1. The van der Waals surface area contributed by atoms with E-state index in [9.17, 15) is 19.5 Å². The van der Waals surface area contributed by atoms with Crippen LogP contribution < -0.4 is 5.11 Å². The van der Waals surface area contributed by atoms with Crippen molar-refractivity contribution in [2.45, 2.75) is 110 Å². The lowest BCUT2D eigenvalue weighted by Gasteiger charge is -2.38. The van der Waals surface area contributed by atoms with Gasteiger partial charge in [-0.15, -0.1) is 0 Å². The Hall–Kier alpha value is -1.63. The van der Waals surface area contributed by atoms with E-state index in [1.165, 1.54) is 64.2 Å². The topological polar surface area (TPSA) is 115 Å². The second-order valence-electron chi connectivity index (χ2n) is 8.89. The summed E-state index contributed by atoms with van der Waals surface area (Å²) in [5.41, 5.74) is 0. The van der Waals surface area contributed by atoms with Crippen molar-refractivity contribution in [1.82, 2.24) is 0 Å². The second kappa shape index (κ2) is 19.1. The van der Waals surface area contributed by atoms with Gasteiger partial charge in [0.05, 0.1) is 39.0 Å². The molecule has 0 aromatic rings. The number of quaternary nitrogens is 1. The molecule has 0 atom stereocenters. The van der Waals surface area contributed by atoms with Crippen molar-refractivity contribution in [1.29, 1.82) is 0 Å². The van der Waals surface area contributed by atoms with E-state index in [1.807, 2.05) is 0 Å². The summed E-state index contributed by atoms with van der Waals surface area (Å²) in [5, 5.41) is 29.1. The molecule has 0 heterocycles. The smallest absolute Gasteiger partial charge is 0.309 e.